The van der Waals surface area contributed by atoms with Crippen molar-refractivity contribution in [3.63, 3.8) is 0 Å². The fourth-order valence-electron chi connectivity index (χ4n) is 1.42. The third-order valence-corrected chi connectivity index (χ3v) is 2.39. The molecule has 0 saturated carbocycles. The van der Waals surface area contributed by atoms with Gasteiger partial charge in [-0.1, -0.05) is 6.07 Å². The Morgan fingerprint density at radius 2 is 2.06 bits per heavy atom. The number of nitrogens with one attached hydrogen (secondary N) is 3. The van der Waals surface area contributed by atoms with E-state index in [-0.39, 0.29) is 17.2 Å². The van der Waals surface area contributed by atoms with E-state index in [0.717, 1.165) is 0 Å². The van der Waals surface area contributed by atoms with Crippen LogP contribution in [0, 0.1) is 5.82 Å². The molecule has 0 aliphatic rings. The highest BCUT2D eigenvalue weighted by molar-refractivity contribution is 6.01. The molecule has 18 heavy (non-hydrogen) atoms. The summed E-state index contributed by atoms with van der Waals surface area (Å²) < 4.78 is 13.4. The van der Waals surface area contributed by atoms with Crippen LogP contribution >= 0.6 is 0 Å². The van der Waals surface area contributed by atoms with E-state index in [1.54, 1.807) is 0 Å². The molecule has 0 bridgehead atoms. The third kappa shape index (κ3) is 2.95. The summed E-state index contributed by atoms with van der Waals surface area (Å²) >= 11 is 0. The van der Waals surface area contributed by atoms with Gasteiger partial charge in [0.15, 0.2) is 0 Å². The lowest BCUT2D eigenvalue weighted by atomic mass is 10.1. The molecule has 0 saturated heterocycles. The van der Waals surface area contributed by atoms with E-state index >= 15 is 0 Å². The molecule has 0 aliphatic carbocycles. The van der Waals surface area contributed by atoms with Crippen LogP contribution in [0.3, 0.4) is 0 Å². The highest BCUT2D eigenvalue weighted by Crippen LogP contribution is 2.18. The lowest BCUT2D eigenvalue weighted by Crippen LogP contribution is -2.43. The van der Waals surface area contributed by atoms with Gasteiger partial charge in [0.05, 0.1) is 11.3 Å². The van der Waals surface area contributed by atoms with E-state index < -0.39 is 17.8 Å². The molecule has 1 rings (SSSR count). The molecule has 2 amide bonds. The quantitative estimate of drug-likeness (QED) is 0.448. The van der Waals surface area contributed by atoms with Crippen LogP contribution in [-0.4, -0.2) is 24.9 Å². The zero-order valence-electron chi connectivity index (χ0n) is 10.1. The molecule has 0 aromatic heterocycles. The van der Waals surface area contributed by atoms with Crippen LogP contribution in [0.25, 0.3) is 0 Å². The molecule has 1 aromatic carbocycles. The van der Waals surface area contributed by atoms with Gasteiger partial charge in [-0.05, 0) is 19.1 Å². The first-order valence-corrected chi connectivity index (χ1v) is 5.28. The summed E-state index contributed by atoms with van der Waals surface area (Å²) in [5.74, 6) is 3.59. The molecule has 0 fully saturated rings. The number of carbonyl (C=O) groups excluding carboxylic acids is 2. The monoisotopic (exact) mass is 254 g/mol. The van der Waals surface area contributed by atoms with Gasteiger partial charge in [0.1, 0.15) is 11.9 Å². The SMILES string of the molecule is CNC(=O)C(C)NC(=O)c1cccc(F)c1NN. The molecule has 5 N–H and O–H groups in total. The summed E-state index contributed by atoms with van der Waals surface area (Å²) in [6, 6.07) is 3.24. The second kappa shape index (κ2) is 5.97. The number of hydrogen-bond acceptors (Lipinski definition) is 4. The molecule has 1 aromatic rings. The van der Waals surface area contributed by atoms with Crippen LogP contribution in [-0.2, 0) is 4.79 Å². The number of benzene rings is 1. The summed E-state index contributed by atoms with van der Waals surface area (Å²) in [5.41, 5.74) is 2.05. The predicted octanol–water partition coefficient (Wildman–Crippen LogP) is -0.0244. The zero-order chi connectivity index (χ0) is 13.7. The number of rotatable bonds is 4. The van der Waals surface area contributed by atoms with Crippen molar-refractivity contribution in [3.8, 4) is 0 Å². The Kier molecular flexibility index (Phi) is 4.61. The Balaban J connectivity index is 2.91. The van der Waals surface area contributed by atoms with Crippen molar-refractivity contribution in [2.24, 2.45) is 5.84 Å². The van der Waals surface area contributed by atoms with Gasteiger partial charge >= 0.3 is 0 Å². The molecule has 98 valence electrons. The van der Waals surface area contributed by atoms with Crippen LogP contribution in [0.1, 0.15) is 17.3 Å². The second-order valence-electron chi connectivity index (χ2n) is 3.62. The Morgan fingerprint density at radius 1 is 1.39 bits per heavy atom. The van der Waals surface area contributed by atoms with E-state index in [4.69, 9.17) is 5.84 Å². The number of nitrogens with two attached hydrogens (primary N) is 1. The lowest BCUT2D eigenvalue weighted by molar-refractivity contribution is -0.122. The van der Waals surface area contributed by atoms with Crippen molar-refractivity contribution < 1.29 is 14.0 Å². The van der Waals surface area contributed by atoms with E-state index in [1.807, 2.05) is 0 Å². The highest BCUT2D eigenvalue weighted by atomic mass is 19.1. The summed E-state index contributed by atoms with van der Waals surface area (Å²) in [6.45, 7) is 1.52. The predicted molar refractivity (Wildman–Crippen MR) is 65.2 cm³/mol. The summed E-state index contributed by atoms with van der Waals surface area (Å²) in [5, 5.41) is 4.83. The highest BCUT2D eigenvalue weighted by Gasteiger charge is 2.18. The van der Waals surface area contributed by atoms with Gasteiger partial charge in [-0.25, -0.2) is 4.39 Å². The average Bonchev–Trinajstić information content (AvgIpc) is 2.37. The number of halogens is 1. The number of anilines is 1. The van der Waals surface area contributed by atoms with Gasteiger partial charge in [-0.3, -0.25) is 15.4 Å². The van der Waals surface area contributed by atoms with Crippen LogP contribution in [0.5, 0.6) is 0 Å². The van der Waals surface area contributed by atoms with Crippen molar-refractivity contribution in [2.75, 3.05) is 12.5 Å². The van der Waals surface area contributed by atoms with Crippen molar-refractivity contribution >= 4 is 17.5 Å². The minimum absolute atomic E-state index is 0.0354. The standard InChI is InChI=1S/C11H15FN4O2/c1-6(10(17)14-2)15-11(18)7-4-3-5-8(12)9(7)16-13/h3-6,16H,13H2,1-2H3,(H,14,17)(H,15,18). The molecule has 0 aliphatic heterocycles. The lowest BCUT2D eigenvalue weighted by Gasteiger charge is -2.14. The average molecular weight is 254 g/mol. The van der Waals surface area contributed by atoms with Gasteiger partial charge in [-0.2, -0.15) is 0 Å². The molecule has 7 heteroatoms. The number of para-hydroxylation sites is 1. The van der Waals surface area contributed by atoms with E-state index in [9.17, 15) is 14.0 Å². The Hall–Kier alpha value is -2.15. The van der Waals surface area contributed by atoms with Crippen molar-refractivity contribution in [2.45, 2.75) is 13.0 Å². The van der Waals surface area contributed by atoms with Crippen LogP contribution in [0.4, 0.5) is 10.1 Å². The molecule has 1 atom stereocenters. The number of nitrogen functional groups attached to an aromatic ring is 1. The first-order valence-electron chi connectivity index (χ1n) is 5.28. The van der Waals surface area contributed by atoms with Crippen LogP contribution in [0.2, 0.25) is 0 Å². The fraction of sp³-hybridized carbons (Fsp3) is 0.273. The minimum Gasteiger partial charge on any atom is -0.357 e. The smallest absolute Gasteiger partial charge is 0.254 e. The van der Waals surface area contributed by atoms with Gasteiger partial charge in [0, 0.05) is 7.05 Å². The molecule has 1 unspecified atom stereocenters. The summed E-state index contributed by atoms with van der Waals surface area (Å²) in [7, 11) is 1.46. The maximum atomic E-state index is 13.4. The van der Waals surface area contributed by atoms with Crippen LogP contribution in [0.15, 0.2) is 18.2 Å². The summed E-state index contributed by atoms with van der Waals surface area (Å²) in [4.78, 5) is 23.1. The van der Waals surface area contributed by atoms with Crippen molar-refractivity contribution in [1.29, 1.82) is 0 Å². The van der Waals surface area contributed by atoms with Crippen LogP contribution < -0.4 is 21.9 Å². The first kappa shape index (κ1) is 13.9. The normalized spacial score (nSPS) is 11.6. The van der Waals surface area contributed by atoms with E-state index in [0.29, 0.717) is 0 Å². The van der Waals surface area contributed by atoms with E-state index in [2.05, 4.69) is 16.1 Å². The maximum absolute atomic E-state index is 13.4. The van der Waals surface area contributed by atoms with Crippen molar-refractivity contribution in [3.05, 3.63) is 29.6 Å². The molecule has 0 radical (unpaired) electrons. The maximum Gasteiger partial charge on any atom is 0.254 e. The summed E-state index contributed by atoms with van der Waals surface area (Å²) in [6.07, 6.45) is 0. The topological polar surface area (TPSA) is 96.2 Å². The fourth-order valence-corrected chi connectivity index (χ4v) is 1.42. The number of likely N-dealkylation sites (N-methyl/N-ethyl adjacent to an activating group) is 1. The largest absolute Gasteiger partial charge is 0.357 e. The minimum atomic E-state index is -0.726. The molecular weight excluding hydrogens is 239 g/mol. The first-order chi connectivity index (χ1) is 8.51. The Labute approximate surface area is 104 Å². The van der Waals surface area contributed by atoms with Gasteiger partial charge in [0.25, 0.3) is 5.91 Å². The zero-order valence-corrected chi connectivity index (χ0v) is 10.1. The number of carbonyl (C=O) groups is 2. The third-order valence-electron chi connectivity index (χ3n) is 2.39. The molecule has 0 heterocycles. The van der Waals surface area contributed by atoms with Crippen molar-refractivity contribution in [1.82, 2.24) is 10.6 Å². The van der Waals surface area contributed by atoms with E-state index in [1.165, 1.54) is 32.2 Å². The Bertz CT molecular complexity index is 464. The molecule has 0 spiro atoms. The van der Waals surface area contributed by atoms with Gasteiger partial charge in [0.2, 0.25) is 5.91 Å². The molecular formula is C11H15FN4O2. The molecule has 6 nitrogen and oxygen atoms in total. The number of hydrogen-bond donors (Lipinski definition) is 4. The second-order valence-corrected chi connectivity index (χ2v) is 3.62. The van der Waals surface area contributed by atoms with Gasteiger partial charge in [-0.15, -0.1) is 0 Å². The number of hydrazine groups is 1. The Morgan fingerprint density at radius 3 is 2.61 bits per heavy atom. The number of amides is 2. The van der Waals surface area contributed by atoms with Gasteiger partial charge < -0.3 is 16.1 Å².